The van der Waals surface area contributed by atoms with Crippen molar-refractivity contribution in [2.45, 2.75) is 11.8 Å². The van der Waals surface area contributed by atoms with E-state index in [4.69, 9.17) is 11.6 Å². The van der Waals surface area contributed by atoms with Gasteiger partial charge >= 0.3 is 0 Å². The molecule has 0 aliphatic carbocycles. The lowest BCUT2D eigenvalue weighted by Gasteiger charge is -2.10. The second-order valence-electron chi connectivity index (χ2n) is 4.10. The number of hydrogen-bond acceptors (Lipinski definition) is 3. The third-order valence-corrected chi connectivity index (χ3v) is 4.79. The fourth-order valence-corrected chi connectivity index (χ4v) is 3.53. The van der Waals surface area contributed by atoms with Crippen LogP contribution in [0.2, 0.25) is 5.02 Å². The Morgan fingerprint density at radius 1 is 1.30 bits per heavy atom. The van der Waals surface area contributed by atoms with Gasteiger partial charge in [-0.15, -0.1) is 0 Å². The van der Waals surface area contributed by atoms with Crippen LogP contribution in [-0.4, -0.2) is 13.4 Å². The number of hydrogen-bond donors (Lipinski definition) is 2. The SMILES string of the molecule is Cc1ccc(NS(=O)(=O)c2c[nH]c(=O)c(Cl)c2)c(Br)c1. The molecular weight excluding hydrogens is 368 g/mol. The summed E-state index contributed by atoms with van der Waals surface area (Å²) in [4.78, 5) is 13.3. The van der Waals surface area contributed by atoms with Crippen LogP contribution in [0, 0.1) is 6.92 Å². The first-order valence-corrected chi connectivity index (χ1v) is 8.12. The standard InChI is InChI=1S/C12H10BrClN2O3S/c1-7-2-3-11(9(13)4-7)16-20(18,19)8-5-10(14)12(17)15-6-8/h2-6,16H,1H3,(H,15,17). The third-order valence-electron chi connectivity index (χ3n) is 2.51. The average molecular weight is 378 g/mol. The topological polar surface area (TPSA) is 79.0 Å². The molecule has 0 aliphatic rings. The molecule has 0 spiro atoms. The van der Waals surface area contributed by atoms with E-state index in [9.17, 15) is 13.2 Å². The summed E-state index contributed by atoms with van der Waals surface area (Å²) in [6.45, 7) is 1.89. The average Bonchev–Trinajstić information content (AvgIpc) is 2.36. The van der Waals surface area contributed by atoms with E-state index in [0.29, 0.717) is 10.2 Å². The number of nitrogens with one attached hydrogen (secondary N) is 2. The van der Waals surface area contributed by atoms with Gasteiger partial charge in [-0.2, -0.15) is 0 Å². The van der Waals surface area contributed by atoms with Crippen LogP contribution in [0.4, 0.5) is 5.69 Å². The molecule has 2 rings (SSSR count). The van der Waals surface area contributed by atoms with Crippen LogP contribution < -0.4 is 10.3 Å². The molecule has 0 radical (unpaired) electrons. The van der Waals surface area contributed by atoms with Crippen molar-refractivity contribution in [2.75, 3.05) is 4.72 Å². The lowest BCUT2D eigenvalue weighted by molar-refractivity contribution is 0.600. The van der Waals surface area contributed by atoms with Crippen LogP contribution in [0.1, 0.15) is 5.56 Å². The van der Waals surface area contributed by atoms with Crippen LogP contribution in [0.3, 0.4) is 0 Å². The molecule has 0 fully saturated rings. The predicted molar refractivity (Wildman–Crippen MR) is 81.8 cm³/mol. The highest BCUT2D eigenvalue weighted by Gasteiger charge is 2.17. The van der Waals surface area contributed by atoms with Gasteiger partial charge in [-0.05, 0) is 46.6 Å². The second-order valence-corrected chi connectivity index (χ2v) is 7.05. The molecule has 20 heavy (non-hydrogen) atoms. The van der Waals surface area contributed by atoms with Gasteiger partial charge in [0.1, 0.15) is 9.92 Å². The van der Waals surface area contributed by atoms with Gasteiger partial charge in [0.15, 0.2) is 0 Å². The summed E-state index contributed by atoms with van der Waals surface area (Å²) in [6, 6.07) is 6.31. The highest BCUT2D eigenvalue weighted by atomic mass is 79.9. The Balaban J connectivity index is 2.40. The Kier molecular flexibility index (Phi) is 4.22. The molecule has 0 saturated carbocycles. The molecule has 1 aromatic carbocycles. The molecule has 0 atom stereocenters. The molecule has 0 amide bonds. The first-order chi connectivity index (χ1) is 9.29. The summed E-state index contributed by atoms with van der Waals surface area (Å²) in [5, 5.41) is -0.184. The van der Waals surface area contributed by atoms with Crippen molar-refractivity contribution in [1.82, 2.24) is 4.98 Å². The molecule has 0 bridgehead atoms. The molecule has 1 heterocycles. The number of aryl methyl sites for hydroxylation is 1. The molecule has 1 aromatic heterocycles. The number of sulfonamides is 1. The van der Waals surface area contributed by atoms with Gasteiger partial charge in [-0.25, -0.2) is 8.42 Å². The number of rotatable bonds is 3. The van der Waals surface area contributed by atoms with E-state index in [1.165, 1.54) is 0 Å². The molecule has 2 N–H and O–H groups in total. The predicted octanol–water partition coefficient (Wildman–Crippen LogP) is 2.90. The third kappa shape index (κ3) is 3.23. The van der Waals surface area contributed by atoms with Gasteiger partial charge in [0.05, 0.1) is 5.69 Å². The summed E-state index contributed by atoms with van der Waals surface area (Å²) in [6.07, 6.45) is 1.10. The molecule has 8 heteroatoms. The lowest BCUT2D eigenvalue weighted by Crippen LogP contribution is -2.16. The minimum Gasteiger partial charge on any atom is -0.326 e. The maximum Gasteiger partial charge on any atom is 0.266 e. The normalized spacial score (nSPS) is 11.3. The summed E-state index contributed by atoms with van der Waals surface area (Å²) in [5.74, 6) is 0. The van der Waals surface area contributed by atoms with Crippen molar-refractivity contribution < 1.29 is 8.42 Å². The highest BCUT2D eigenvalue weighted by Crippen LogP contribution is 2.26. The molecule has 0 saturated heterocycles. The Morgan fingerprint density at radius 3 is 2.60 bits per heavy atom. The van der Waals surface area contributed by atoms with E-state index in [1.54, 1.807) is 18.2 Å². The molecule has 2 aromatic rings. The second kappa shape index (κ2) is 5.59. The Labute approximate surface area is 129 Å². The van der Waals surface area contributed by atoms with Crippen molar-refractivity contribution in [2.24, 2.45) is 0 Å². The molecule has 0 aliphatic heterocycles. The summed E-state index contributed by atoms with van der Waals surface area (Å²) in [7, 11) is -3.82. The van der Waals surface area contributed by atoms with Crippen molar-refractivity contribution in [3.63, 3.8) is 0 Å². The summed E-state index contributed by atoms with van der Waals surface area (Å²) >= 11 is 8.92. The Morgan fingerprint density at radius 2 is 2.00 bits per heavy atom. The molecule has 0 unspecified atom stereocenters. The van der Waals surface area contributed by atoms with Crippen molar-refractivity contribution in [3.8, 4) is 0 Å². The van der Waals surface area contributed by atoms with Crippen molar-refractivity contribution in [1.29, 1.82) is 0 Å². The number of pyridine rings is 1. The van der Waals surface area contributed by atoms with Crippen molar-refractivity contribution >= 4 is 43.2 Å². The minimum absolute atomic E-state index is 0.116. The van der Waals surface area contributed by atoms with Crippen LogP contribution in [-0.2, 0) is 10.0 Å². The van der Waals surface area contributed by atoms with Gasteiger partial charge in [0, 0.05) is 10.7 Å². The quantitative estimate of drug-likeness (QED) is 0.863. The van der Waals surface area contributed by atoms with Gasteiger partial charge in [0.2, 0.25) is 0 Å². The van der Waals surface area contributed by atoms with Crippen LogP contribution in [0.25, 0.3) is 0 Å². The van der Waals surface area contributed by atoms with Gasteiger partial charge in [-0.1, -0.05) is 17.7 Å². The van der Waals surface area contributed by atoms with E-state index >= 15 is 0 Å². The van der Waals surface area contributed by atoms with Crippen LogP contribution in [0.5, 0.6) is 0 Å². The van der Waals surface area contributed by atoms with E-state index in [1.807, 2.05) is 6.92 Å². The van der Waals surface area contributed by atoms with Crippen LogP contribution >= 0.6 is 27.5 Å². The largest absolute Gasteiger partial charge is 0.326 e. The fourth-order valence-electron chi connectivity index (χ4n) is 1.50. The Hall–Kier alpha value is -1.31. The number of aromatic nitrogens is 1. The van der Waals surface area contributed by atoms with Gasteiger partial charge < -0.3 is 4.98 Å². The lowest BCUT2D eigenvalue weighted by atomic mass is 10.2. The summed E-state index contributed by atoms with van der Waals surface area (Å²) < 4.78 is 27.4. The molecule has 5 nitrogen and oxygen atoms in total. The van der Waals surface area contributed by atoms with Gasteiger partial charge in [-0.3, -0.25) is 9.52 Å². The van der Waals surface area contributed by atoms with Crippen LogP contribution in [0.15, 0.2) is 44.6 Å². The van der Waals surface area contributed by atoms with E-state index in [-0.39, 0.29) is 9.92 Å². The van der Waals surface area contributed by atoms with E-state index < -0.39 is 15.6 Å². The first kappa shape index (κ1) is 15.1. The maximum atomic E-state index is 12.2. The van der Waals surface area contributed by atoms with E-state index in [0.717, 1.165) is 17.8 Å². The molecule has 106 valence electrons. The molecular formula is C12H10BrClN2O3S. The smallest absolute Gasteiger partial charge is 0.266 e. The van der Waals surface area contributed by atoms with E-state index in [2.05, 4.69) is 25.6 Å². The number of benzene rings is 1. The Bertz CT molecular complexity index is 818. The number of halogens is 2. The highest BCUT2D eigenvalue weighted by molar-refractivity contribution is 9.10. The fraction of sp³-hybridized carbons (Fsp3) is 0.0833. The summed E-state index contributed by atoms with van der Waals surface area (Å²) in [5.41, 5.74) is 0.854. The van der Waals surface area contributed by atoms with Crippen molar-refractivity contribution in [3.05, 3.63) is 55.9 Å². The van der Waals surface area contributed by atoms with Gasteiger partial charge in [0.25, 0.3) is 15.6 Å². The minimum atomic E-state index is -3.82. The zero-order chi connectivity index (χ0) is 14.9. The number of aromatic amines is 1. The zero-order valence-electron chi connectivity index (χ0n) is 10.3. The monoisotopic (exact) mass is 376 g/mol. The zero-order valence-corrected chi connectivity index (χ0v) is 13.4. The number of H-pyrrole nitrogens is 1. The number of anilines is 1. The maximum absolute atomic E-state index is 12.2. The first-order valence-electron chi connectivity index (χ1n) is 5.47.